The van der Waals surface area contributed by atoms with Crippen LogP contribution in [0.4, 0.5) is 4.79 Å². The molecular weight excluding hydrogens is 442 g/mol. The van der Waals surface area contributed by atoms with Gasteiger partial charge in [-0.25, -0.2) is 4.79 Å². The van der Waals surface area contributed by atoms with Gasteiger partial charge in [-0.2, -0.15) is 0 Å². The van der Waals surface area contributed by atoms with E-state index in [4.69, 9.17) is 24.2 Å². The highest BCUT2D eigenvalue weighted by molar-refractivity contribution is 6.99. The van der Waals surface area contributed by atoms with E-state index in [0.717, 1.165) is 10.4 Å². The maximum absolute atomic E-state index is 11.8. The maximum Gasteiger partial charge on any atom is 0.509 e. The summed E-state index contributed by atoms with van der Waals surface area (Å²) in [4.78, 5) is 14.6. The van der Waals surface area contributed by atoms with Crippen LogP contribution in [0.3, 0.4) is 0 Å². The van der Waals surface area contributed by atoms with Gasteiger partial charge < -0.3 is 23.7 Å². The van der Waals surface area contributed by atoms with E-state index >= 15 is 0 Å². The Hall–Kier alpha value is -2.88. The fourth-order valence-corrected chi connectivity index (χ4v) is 9.25. The van der Waals surface area contributed by atoms with E-state index in [2.05, 4.69) is 55.1 Å². The summed E-state index contributed by atoms with van der Waals surface area (Å²) in [5, 5.41) is 15.9. The molecular formula is C23H27N3O6Si. The summed E-state index contributed by atoms with van der Waals surface area (Å²) >= 11 is 0. The molecule has 0 radical (unpaired) electrons. The van der Waals surface area contributed by atoms with E-state index in [1.54, 1.807) is 0 Å². The molecule has 2 aliphatic heterocycles. The Bertz CT molecular complexity index is 986. The molecule has 33 heavy (non-hydrogen) atoms. The molecule has 4 rings (SSSR count). The van der Waals surface area contributed by atoms with Gasteiger partial charge in [0.05, 0.1) is 6.61 Å². The van der Waals surface area contributed by atoms with Crippen LogP contribution in [0.15, 0.2) is 65.8 Å². The van der Waals surface area contributed by atoms with Crippen molar-refractivity contribution in [3.8, 4) is 0 Å². The van der Waals surface area contributed by atoms with E-state index < -0.39 is 45.1 Å². The highest BCUT2D eigenvalue weighted by Gasteiger charge is 2.56. The van der Waals surface area contributed by atoms with Gasteiger partial charge in [-0.1, -0.05) is 86.5 Å². The van der Waals surface area contributed by atoms with Crippen LogP contribution < -0.4 is 10.4 Å². The normalized spacial score (nSPS) is 27.2. The molecule has 2 aliphatic rings. The van der Waals surface area contributed by atoms with E-state index in [0.29, 0.717) is 0 Å². The molecule has 0 aromatic heterocycles. The summed E-state index contributed by atoms with van der Waals surface area (Å²) in [7, 11) is -2.88. The number of carbonyl (C=O) groups excluding carboxylic acids is 1. The summed E-state index contributed by atoms with van der Waals surface area (Å²) < 4.78 is 23.1. The van der Waals surface area contributed by atoms with Gasteiger partial charge in [0, 0.05) is 4.91 Å². The van der Waals surface area contributed by atoms with Crippen molar-refractivity contribution in [1.29, 1.82) is 0 Å². The first-order chi connectivity index (χ1) is 15.8. The Morgan fingerprint density at radius 1 is 1.03 bits per heavy atom. The number of nitrogens with zero attached hydrogens (tertiary/aromatic N) is 3. The third-order valence-electron chi connectivity index (χ3n) is 6.14. The summed E-state index contributed by atoms with van der Waals surface area (Å²) in [6.07, 6.45) is -6.13. The van der Waals surface area contributed by atoms with Gasteiger partial charge in [0.25, 0.3) is 8.32 Å². The van der Waals surface area contributed by atoms with Crippen LogP contribution in [0.2, 0.25) is 5.04 Å². The Morgan fingerprint density at radius 2 is 1.58 bits per heavy atom. The number of hydrogen-bond donors (Lipinski definition) is 1. The van der Waals surface area contributed by atoms with Crippen LogP contribution in [0.25, 0.3) is 10.4 Å². The van der Waals surface area contributed by atoms with Crippen LogP contribution in [0, 0.1) is 0 Å². The minimum absolute atomic E-state index is 0.0508. The number of carbonyl (C=O) groups is 1. The quantitative estimate of drug-likeness (QED) is 0.228. The van der Waals surface area contributed by atoms with Gasteiger partial charge in [0.15, 0.2) is 18.4 Å². The second kappa shape index (κ2) is 9.16. The van der Waals surface area contributed by atoms with Crippen molar-refractivity contribution < 1.29 is 28.5 Å². The van der Waals surface area contributed by atoms with Gasteiger partial charge in [0.2, 0.25) is 0 Å². The molecule has 0 saturated carbocycles. The van der Waals surface area contributed by atoms with E-state index in [1.165, 1.54) is 0 Å². The Morgan fingerprint density at radius 3 is 2.09 bits per heavy atom. The highest BCUT2D eigenvalue weighted by atomic mass is 28.4. The van der Waals surface area contributed by atoms with Crippen molar-refractivity contribution in [2.45, 2.75) is 56.5 Å². The molecule has 174 valence electrons. The molecule has 10 heteroatoms. The minimum atomic E-state index is -2.88. The lowest BCUT2D eigenvalue weighted by Crippen LogP contribution is -2.68. The number of benzene rings is 2. The standard InChI is InChI=1S/C23H27N3O6Si/c1-23(2,3)33(15-10-6-4-7-11-15,16-12-8-5-9-13-16)29-14-17-19-20(32-22(28)31-19)18(27)21(30-17)25-26-24/h4-13,17-21,27H,14H2,1-3H3/t17-,18-,19+,20-,21-/m1/s1. The average Bonchev–Trinajstić information content (AvgIpc) is 3.20. The second-order valence-corrected chi connectivity index (χ2v) is 13.5. The number of ether oxygens (including phenoxy) is 3. The molecule has 9 nitrogen and oxygen atoms in total. The number of hydrogen-bond acceptors (Lipinski definition) is 7. The van der Waals surface area contributed by atoms with Crippen molar-refractivity contribution in [3.05, 3.63) is 71.1 Å². The molecule has 5 atom stereocenters. The third-order valence-corrected chi connectivity index (χ3v) is 11.1. The van der Waals surface area contributed by atoms with E-state index in [1.807, 2.05) is 36.4 Å². The van der Waals surface area contributed by atoms with Crippen LogP contribution in [-0.2, 0) is 18.6 Å². The fraction of sp³-hybridized carbons (Fsp3) is 0.435. The lowest BCUT2D eigenvalue weighted by atomic mass is 9.99. The van der Waals surface area contributed by atoms with Crippen molar-refractivity contribution >= 4 is 24.8 Å². The molecule has 2 aromatic carbocycles. The number of aliphatic hydroxyl groups is 1. The second-order valence-electron chi connectivity index (χ2n) is 9.15. The Kier molecular flexibility index (Phi) is 6.47. The largest absolute Gasteiger partial charge is 0.509 e. The molecule has 2 aromatic rings. The van der Waals surface area contributed by atoms with Crippen molar-refractivity contribution in [3.63, 3.8) is 0 Å². The van der Waals surface area contributed by atoms with Crippen molar-refractivity contribution in [2.75, 3.05) is 6.61 Å². The number of azide groups is 1. The zero-order chi connectivity index (χ0) is 23.6. The first-order valence-corrected chi connectivity index (χ1v) is 12.7. The summed E-state index contributed by atoms with van der Waals surface area (Å²) in [6, 6.07) is 20.2. The zero-order valence-corrected chi connectivity index (χ0v) is 19.7. The van der Waals surface area contributed by atoms with Crippen molar-refractivity contribution in [1.82, 2.24) is 0 Å². The number of aliphatic hydroxyl groups excluding tert-OH is 1. The van der Waals surface area contributed by atoms with Crippen LogP contribution in [0.1, 0.15) is 20.8 Å². The van der Waals surface area contributed by atoms with Crippen LogP contribution >= 0.6 is 0 Å². The molecule has 2 heterocycles. The smallest absolute Gasteiger partial charge is 0.424 e. The SMILES string of the molecule is CC(C)(C)[Si](OC[C@H]1O[C@@H](N=[N+]=[N-])[C@H](O)[C@H]2OC(=O)O[C@H]21)(c1ccccc1)c1ccccc1. The molecule has 1 N–H and O–H groups in total. The molecule has 0 unspecified atom stereocenters. The lowest BCUT2D eigenvalue weighted by molar-refractivity contribution is -0.192. The highest BCUT2D eigenvalue weighted by Crippen LogP contribution is 2.38. The molecule has 0 spiro atoms. The van der Waals surface area contributed by atoms with Gasteiger partial charge in [0.1, 0.15) is 12.2 Å². The molecule has 2 fully saturated rings. The van der Waals surface area contributed by atoms with Crippen LogP contribution in [-0.4, -0.2) is 56.8 Å². The monoisotopic (exact) mass is 469 g/mol. The summed E-state index contributed by atoms with van der Waals surface area (Å²) in [6.45, 7) is 6.49. The maximum atomic E-state index is 11.8. The van der Waals surface area contributed by atoms with Gasteiger partial charge in [-0.3, -0.25) is 0 Å². The lowest BCUT2D eigenvalue weighted by Gasteiger charge is -2.45. The summed E-state index contributed by atoms with van der Waals surface area (Å²) in [5.41, 5.74) is 8.88. The van der Waals surface area contributed by atoms with Gasteiger partial charge in [-0.05, 0) is 20.9 Å². The Labute approximate surface area is 193 Å². The molecule has 2 saturated heterocycles. The number of rotatable bonds is 6. The Balaban J connectivity index is 1.73. The number of fused-ring (bicyclic) bond motifs is 1. The predicted molar refractivity (Wildman–Crippen MR) is 123 cm³/mol. The van der Waals surface area contributed by atoms with Crippen LogP contribution in [0.5, 0.6) is 0 Å². The average molecular weight is 470 g/mol. The molecule has 0 bridgehead atoms. The van der Waals surface area contributed by atoms with E-state index in [-0.39, 0.29) is 11.6 Å². The first kappa shape index (κ1) is 23.3. The predicted octanol–water partition coefficient (Wildman–Crippen LogP) is 2.86. The third kappa shape index (κ3) is 4.23. The zero-order valence-electron chi connectivity index (χ0n) is 18.7. The molecule has 0 amide bonds. The van der Waals surface area contributed by atoms with E-state index in [9.17, 15) is 9.90 Å². The topological polar surface area (TPSA) is 123 Å². The first-order valence-electron chi connectivity index (χ1n) is 10.8. The summed E-state index contributed by atoms with van der Waals surface area (Å²) in [5.74, 6) is 0. The van der Waals surface area contributed by atoms with Crippen molar-refractivity contribution in [2.24, 2.45) is 5.11 Å². The van der Waals surface area contributed by atoms with Gasteiger partial charge >= 0.3 is 6.16 Å². The van der Waals surface area contributed by atoms with Gasteiger partial charge in [-0.15, -0.1) is 0 Å². The minimum Gasteiger partial charge on any atom is -0.424 e. The fourth-order valence-electron chi connectivity index (χ4n) is 4.68. The molecule has 0 aliphatic carbocycles.